The van der Waals surface area contributed by atoms with Crippen molar-refractivity contribution in [2.75, 3.05) is 6.61 Å². The Labute approximate surface area is 202 Å². The van der Waals surface area contributed by atoms with Crippen LogP contribution in [0.3, 0.4) is 0 Å². The van der Waals surface area contributed by atoms with Crippen LogP contribution in [0.15, 0.2) is 78.9 Å². The molecule has 0 aliphatic heterocycles. The minimum Gasteiger partial charge on any atom is -0.483 e. The van der Waals surface area contributed by atoms with Crippen LogP contribution < -0.4 is 10.1 Å². The average Bonchev–Trinajstić information content (AvgIpc) is 2.81. The summed E-state index contributed by atoms with van der Waals surface area (Å²) < 4.78 is 5.91. The van der Waals surface area contributed by atoms with Gasteiger partial charge in [-0.3, -0.25) is 9.59 Å². The predicted molar refractivity (Wildman–Crippen MR) is 136 cm³/mol. The summed E-state index contributed by atoms with van der Waals surface area (Å²) in [7, 11) is 0. The van der Waals surface area contributed by atoms with Crippen LogP contribution in [-0.4, -0.2) is 35.4 Å². The maximum Gasteiger partial charge on any atom is 0.261 e. The number of hydrogen-bond donors (Lipinski definition) is 1. The molecule has 0 spiro atoms. The SMILES string of the molecule is Cc1ccc(OCC(=O)N(Cc2ccccc2)[C@H](Cc2ccccc2)C(=O)NC(C)C)c(C)c1. The molecule has 3 aromatic carbocycles. The van der Waals surface area contributed by atoms with Crippen molar-refractivity contribution in [1.82, 2.24) is 10.2 Å². The predicted octanol–water partition coefficient (Wildman–Crippen LogP) is 4.85. The largest absolute Gasteiger partial charge is 0.483 e. The van der Waals surface area contributed by atoms with Crippen LogP contribution in [0.4, 0.5) is 0 Å². The number of benzene rings is 3. The van der Waals surface area contributed by atoms with Crippen LogP contribution in [0.1, 0.15) is 36.1 Å². The molecule has 0 saturated heterocycles. The van der Waals surface area contributed by atoms with Gasteiger partial charge in [-0.05, 0) is 50.5 Å². The molecular weight excluding hydrogens is 424 g/mol. The van der Waals surface area contributed by atoms with Gasteiger partial charge in [-0.25, -0.2) is 0 Å². The zero-order valence-corrected chi connectivity index (χ0v) is 20.5. The lowest BCUT2D eigenvalue weighted by Crippen LogP contribution is -2.52. The zero-order valence-electron chi connectivity index (χ0n) is 20.5. The average molecular weight is 459 g/mol. The third-order valence-corrected chi connectivity index (χ3v) is 5.58. The molecule has 178 valence electrons. The van der Waals surface area contributed by atoms with E-state index in [-0.39, 0.29) is 24.5 Å². The first-order chi connectivity index (χ1) is 16.3. The van der Waals surface area contributed by atoms with E-state index in [4.69, 9.17) is 4.74 Å². The van der Waals surface area contributed by atoms with Crippen molar-refractivity contribution in [2.24, 2.45) is 0 Å². The van der Waals surface area contributed by atoms with Gasteiger partial charge in [-0.1, -0.05) is 78.4 Å². The van der Waals surface area contributed by atoms with E-state index in [1.54, 1.807) is 4.90 Å². The van der Waals surface area contributed by atoms with Crippen LogP contribution in [0, 0.1) is 13.8 Å². The molecule has 0 radical (unpaired) electrons. The van der Waals surface area contributed by atoms with Gasteiger partial charge < -0.3 is 15.0 Å². The van der Waals surface area contributed by atoms with Crippen molar-refractivity contribution < 1.29 is 14.3 Å². The lowest BCUT2D eigenvalue weighted by molar-refractivity contribution is -0.143. The fourth-order valence-corrected chi connectivity index (χ4v) is 3.90. The van der Waals surface area contributed by atoms with Crippen molar-refractivity contribution in [1.29, 1.82) is 0 Å². The second kappa shape index (κ2) is 12.0. The number of nitrogens with zero attached hydrogens (tertiary/aromatic N) is 1. The highest BCUT2D eigenvalue weighted by Crippen LogP contribution is 2.20. The molecule has 1 N–H and O–H groups in total. The zero-order chi connectivity index (χ0) is 24.5. The summed E-state index contributed by atoms with van der Waals surface area (Å²) in [4.78, 5) is 28.5. The van der Waals surface area contributed by atoms with E-state index in [9.17, 15) is 9.59 Å². The van der Waals surface area contributed by atoms with Crippen LogP contribution in [0.25, 0.3) is 0 Å². The fraction of sp³-hybridized carbons (Fsp3) is 0.310. The topological polar surface area (TPSA) is 58.6 Å². The Morgan fingerprint density at radius 1 is 0.882 bits per heavy atom. The molecule has 0 unspecified atom stereocenters. The summed E-state index contributed by atoms with van der Waals surface area (Å²) in [6, 6.07) is 24.7. The Morgan fingerprint density at radius 2 is 1.50 bits per heavy atom. The van der Waals surface area contributed by atoms with Gasteiger partial charge in [0.2, 0.25) is 5.91 Å². The highest BCUT2D eigenvalue weighted by molar-refractivity contribution is 5.88. The van der Waals surface area contributed by atoms with Crippen molar-refractivity contribution in [3.8, 4) is 5.75 Å². The van der Waals surface area contributed by atoms with Gasteiger partial charge in [0.15, 0.2) is 6.61 Å². The summed E-state index contributed by atoms with van der Waals surface area (Å²) in [5.74, 6) is 0.267. The van der Waals surface area contributed by atoms with Gasteiger partial charge in [-0.2, -0.15) is 0 Å². The van der Waals surface area contributed by atoms with E-state index in [0.29, 0.717) is 18.7 Å². The summed E-state index contributed by atoms with van der Waals surface area (Å²) in [5.41, 5.74) is 4.06. The molecule has 5 nitrogen and oxygen atoms in total. The standard InChI is InChI=1S/C29H34N2O3/c1-21(2)30-29(33)26(18-24-11-7-5-8-12-24)31(19-25-13-9-6-10-14-25)28(32)20-34-27-16-15-22(3)17-23(27)4/h5-17,21,26H,18-20H2,1-4H3,(H,30,33)/t26-/m1/s1. The normalized spacial score (nSPS) is 11.7. The monoisotopic (exact) mass is 458 g/mol. The van der Waals surface area contributed by atoms with Gasteiger partial charge in [0, 0.05) is 19.0 Å². The molecule has 34 heavy (non-hydrogen) atoms. The Balaban J connectivity index is 1.89. The number of ether oxygens (including phenoxy) is 1. The van der Waals surface area contributed by atoms with Gasteiger partial charge >= 0.3 is 0 Å². The molecular formula is C29H34N2O3. The molecule has 0 fully saturated rings. The minimum absolute atomic E-state index is 0.0362. The third-order valence-electron chi connectivity index (χ3n) is 5.58. The molecule has 2 amide bonds. The Morgan fingerprint density at radius 3 is 2.09 bits per heavy atom. The van der Waals surface area contributed by atoms with Gasteiger partial charge in [0.25, 0.3) is 5.91 Å². The Kier molecular flexibility index (Phi) is 8.86. The van der Waals surface area contributed by atoms with Crippen molar-refractivity contribution in [3.63, 3.8) is 0 Å². The van der Waals surface area contributed by atoms with Crippen LogP contribution in [0.2, 0.25) is 0 Å². The molecule has 3 aromatic rings. The van der Waals surface area contributed by atoms with Gasteiger partial charge in [0.05, 0.1) is 0 Å². The molecule has 1 atom stereocenters. The van der Waals surface area contributed by atoms with Gasteiger partial charge in [0.1, 0.15) is 11.8 Å². The van der Waals surface area contributed by atoms with E-state index < -0.39 is 6.04 Å². The first kappa shape index (κ1) is 25.0. The minimum atomic E-state index is -0.666. The third kappa shape index (κ3) is 7.20. The summed E-state index contributed by atoms with van der Waals surface area (Å²) in [5, 5.41) is 3.00. The number of carbonyl (C=O) groups is 2. The Bertz CT molecular complexity index is 1080. The second-order valence-corrected chi connectivity index (χ2v) is 8.93. The smallest absolute Gasteiger partial charge is 0.261 e. The molecule has 5 heteroatoms. The van der Waals surface area contributed by atoms with E-state index >= 15 is 0 Å². The number of amides is 2. The van der Waals surface area contributed by atoms with E-state index in [1.807, 2.05) is 107 Å². The lowest BCUT2D eigenvalue weighted by atomic mass is 10.0. The molecule has 0 aliphatic carbocycles. The Hall–Kier alpha value is -3.60. The summed E-state index contributed by atoms with van der Waals surface area (Å²) in [6.07, 6.45) is 0.418. The highest BCUT2D eigenvalue weighted by Gasteiger charge is 2.31. The second-order valence-electron chi connectivity index (χ2n) is 8.93. The molecule has 0 aliphatic rings. The summed E-state index contributed by atoms with van der Waals surface area (Å²) >= 11 is 0. The van der Waals surface area contributed by atoms with Crippen molar-refractivity contribution in [3.05, 3.63) is 101 Å². The first-order valence-corrected chi connectivity index (χ1v) is 11.7. The van der Waals surface area contributed by atoms with Crippen LogP contribution in [-0.2, 0) is 22.6 Å². The highest BCUT2D eigenvalue weighted by atomic mass is 16.5. The molecule has 0 heterocycles. The van der Waals surface area contributed by atoms with E-state index in [1.165, 1.54) is 0 Å². The summed E-state index contributed by atoms with van der Waals surface area (Å²) in [6.45, 7) is 8.00. The molecule has 0 saturated carbocycles. The fourth-order valence-electron chi connectivity index (χ4n) is 3.90. The maximum absolute atomic E-state index is 13.5. The van der Waals surface area contributed by atoms with Crippen molar-refractivity contribution in [2.45, 2.75) is 52.7 Å². The van der Waals surface area contributed by atoms with Crippen LogP contribution in [0.5, 0.6) is 5.75 Å². The van der Waals surface area contributed by atoms with E-state index in [2.05, 4.69) is 5.32 Å². The molecule has 3 rings (SSSR count). The molecule has 0 aromatic heterocycles. The lowest BCUT2D eigenvalue weighted by Gasteiger charge is -2.32. The number of carbonyl (C=O) groups excluding carboxylic acids is 2. The quantitative estimate of drug-likeness (QED) is 0.473. The number of aryl methyl sites for hydroxylation is 2. The van der Waals surface area contributed by atoms with E-state index in [0.717, 1.165) is 22.3 Å². The maximum atomic E-state index is 13.5. The number of nitrogens with one attached hydrogen (secondary N) is 1. The van der Waals surface area contributed by atoms with Crippen molar-refractivity contribution >= 4 is 11.8 Å². The van der Waals surface area contributed by atoms with Crippen LogP contribution >= 0.6 is 0 Å². The number of rotatable bonds is 10. The molecule has 0 bridgehead atoms. The first-order valence-electron chi connectivity index (χ1n) is 11.7. The number of hydrogen-bond acceptors (Lipinski definition) is 3. The van der Waals surface area contributed by atoms with Gasteiger partial charge in [-0.15, -0.1) is 0 Å².